The second kappa shape index (κ2) is 5.72. The molecule has 0 spiro atoms. The Morgan fingerprint density at radius 2 is 2.30 bits per heavy atom. The van der Waals surface area contributed by atoms with Gasteiger partial charge in [0.25, 0.3) is 0 Å². The van der Waals surface area contributed by atoms with E-state index in [4.69, 9.17) is 4.74 Å². The fourth-order valence-electron chi connectivity index (χ4n) is 2.86. The van der Waals surface area contributed by atoms with Crippen LogP contribution < -0.4 is 5.32 Å². The number of rotatable bonds is 6. The van der Waals surface area contributed by atoms with Gasteiger partial charge in [-0.2, -0.15) is 0 Å². The standard InChI is InChI=1S/C15H22N2O2S/c1-3-19-14(18)11-6-7-12-13(11)17-15(20-12)16-8-9(2)10-4-5-10/h9-11H,3-8H2,1-2H3,(H,16,17). The van der Waals surface area contributed by atoms with Crippen molar-refractivity contribution in [1.82, 2.24) is 4.98 Å². The van der Waals surface area contributed by atoms with Crippen LogP contribution in [0.4, 0.5) is 5.13 Å². The number of aromatic nitrogens is 1. The fraction of sp³-hybridized carbons (Fsp3) is 0.733. The molecule has 0 aliphatic heterocycles. The van der Waals surface area contributed by atoms with E-state index in [0.717, 1.165) is 42.0 Å². The Labute approximate surface area is 123 Å². The average molecular weight is 294 g/mol. The normalized spacial score (nSPS) is 22.4. The van der Waals surface area contributed by atoms with Gasteiger partial charge in [-0.3, -0.25) is 4.79 Å². The fourth-order valence-corrected chi connectivity index (χ4v) is 3.90. The molecule has 1 heterocycles. The van der Waals surface area contributed by atoms with Gasteiger partial charge >= 0.3 is 5.97 Å². The van der Waals surface area contributed by atoms with Gasteiger partial charge in [0.2, 0.25) is 0 Å². The van der Waals surface area contributed by atoms with Gasteiger partial charge in [-0.25, -0.2) is 4.98 Å². The lowest BCUT2D eigenvalue weighted by Crippen LogP contribution is -2.15. The third-order valence-corrected chi connectivity index (χ3v) is 5.38. The van der Waals surface area contributed by atoms with Crippen LogP contribution in [0.25, 0.3) is 0 Å². The van der Waals surface area contributed by atoms with Gasteiger partial charge in [0, 0.05) is 11.4 Å². The molecule has 2 aliphatic carbocycles. The summed E-state index contributed by atoms with van der Waals surface area (Å²) in [7, 11) is 0. The minimum atomic E-state index is -0.141. The van der Waals surface area contributed by atoms with Crippen LogP contribution in [0.3, 0.4) is 0 Å². The van der Waals surface area contributed by atoms with Crippen LogP contribution in [0.1, 0.15) is 49.6 Å². The maximum absolute atomic E-state index is 11.9. The van der Waals surface area contributed by atoms with Crippen LogP contribution in [0, 0.1) is 11.8 Å². The summed E-state index contributed by atoms with van der Waals surface area (Å²) in [4.78, 5) is 17.8. The second-order valence-corrected chi connectivity index (χ2v) is 6.95. The van der Waals surface area contributed by atoms with Crippen molar-refractivity contribution < 1.29 is 9.53 Å². The van der Waals surface area contributed by atoms with Crippen LogP contribution in [-0.4, -0.2) is 24.1 Å². The lowest BCUT2D eigenvalue weighted by molar-refractivity contribution is -0.145. The Kier molecular flexibility index (Phi) is 3.96. The topological polar surface area (TPSA) is 51.2 Å². The summed E-state index contributed by atoms with van der Waals surface area (Å²) < 4.78 is 5.14. The van der Waals surface area contributed by atoms with Gasteiger partial charge in [-0.1, -0.05) is 6.92 Å². The van der Waals surface area contributed by atoms with Crippen LogP contribution >= 0.6 is 11.3 Å². The molecular formula is C15H22N2O2S. The summed E-state index contributed by atoms with van der Waals surface area (Å²) in [6.07, 6.45) is 4.56. The summed E-state index contributed by atoms with van der Waals surface area (Å²) >= 11 is 1.71. The van der Waals surface area contributed by atoms with E-state index < -0.39 is 0 Å². The minimum Gasteiger partial charge on any atom is -0.465 e. The number of carbonyl (C=O) groups excluding carboxylic acids is 1. The molecule has 3 rings (SSSR count). The molecule has 0 saturated heterocycles. The van der Waals surface area contributed by atoms with Crippen LogP contribution in [-0.2, 0) is 16.0 Å². The number of anilines is 1. The zero-order valence-electron chi connectivity index (χ0n) is 12.1. The molecule has 0 aromatic carbocycles. The summed E-state index contributed by atoms with van der Waals surface area (Å²) in [5.41, 5.74) is 0.954. The van der Waals surface area contributed by atoms with E-state index in [1.807, 2.05) is 6.92 Å². The zero-order chi connectivity index (χ0) is 14.1. The van der Waals surface area contributed by atoms with Crippen molar-refractivity contribution in [3.8, 4) is 0 Å². The first-order valence-corrected chi connectivity index (χ1v) is 8.40. The van der Waals surface area contributed by atoms with Gasteiger partial charge in [0.1, 0.15) is 5.92 Å². The average Bonchev–Trinajstić information content (AvgIpc) is 3.08. The first-order valence-electron chi connectivity index (χ1n) is 7.59. The predicted octanol–water partition coefficient (Wildman–Crippen LogP) is 3.19. The van der Waals surface area contributed by atoms with Gasteiger partial charge < -0.3 is 10.1 Å². The van der Waals surface area contributed by atoms with Crippen molar-refractivity contribution in [1.29, 1.82) is 0 Å². The van der Waals surface area contributed by atoms with E-state index in [1.54, 1.807) is 11.3 Å². The largest absolute Gasteiger partial charge is 0.465 e. The third-order valence-electron chi connectivity index (χ3n) is 4.29. The number of nitrogens with zero attached hydrogens (tertiary/aromatic N) is 1. The predicted molar refractivity (Wildman–Crippen MR) is 80.2 cm³/mol. The van der Waals surface area contributed by atoms with E-state index >= 15 is 0 Å². The van der Waals surface area contributed by atoms with E-state index in [1.165, 1.54) is 17.7 Å². The number of hydrogen-bond acceptors (Lipinski definition) is 5. The SMILES string of the molecule is CCOC(=O)C1CCc2sc(NCC(C)C3CC3)nc21. The van der Waals surface area contributed by atoms with Gasteiger partial charge in [-0.05, 0) is 44.4 Å². The maximum atomic E-state index is 11.9. The van der Waals surface area contributed by atoms with Crippen molar-refractivity contribution in [2.75, 3.05) is 18.5 Å². The summed E-state index contributed by atoms with van der Waals surface area (Å²) in [6.45, 7) is 5.58. The lowest BCUT2D eigenvalue weighted by atomic mass is 10.1. The Balaban J connectivity index is 1.62. The van der Waals surface area contributed by atoms with Crippen molar-refractivity contribution in [3.63, 3.8) is 0 Å². The van der Waals surface area contributed by atoms with E-state index in [2.05, 4.69) is 17.2 Å². The molecule has 2 atom stereocenters. The summed E-state index contributed by atoms with van der Waals surface area (Å²) in [6, 6.07) is 0. The van der Waals surface area contributed by atoms with Gasteiger partial charge in [-0.15, -0.1) is 11.3 Å². The van der Waals surface area contributed by atoms with Crippen LogP contribution in [0.5, 0.6) is 0 Å². The van der Waals surface area contributed by atoms with Gasteiger partial charge in [0.15, 0.2) is 5.13 Å². The molecule has 0 radical (unpaired) electrons. The Morgan fingerprint density at radius 3 is 3.00 bits per heavy atom. The Bertz CT molecular complexity index is 496. The number of carbonyl (C=O) groups is 1. The van der Waals surface area contributed by atoms with E-state index in [9.17, 15) is 4.79 Å². The monoisotopic (exact) mass is 294 g/mol. The Hall–Kier alpha value is -1.10. The highest BCUT2D eigenvalue weighted by atomic mass is 32.1. The van der Waals surface area contributed by atoms with Crippen LogP contribution in [0.2, 0.25) is 0 Å². The van der Waals surface area contributed by atoms with Crippen molar-refractivity contribution in [2.24, 2.45) is 11.8 Å². The van der Waals surface area contributed by atoms with Crippen molar-refractivity contribution in [3.05, 3.63) is 10.6 Å². The molecule has 0 bridgehead atoms. The zero-order valence-corrected chi connectivity index (χ0v) is 13.0. The number of esters is 1. The summed E-state index contributed by atoms with van der Waals surface area (Å²) in [5.74, 6) is 1.36. The second-order valence-electron chi connectivity index (χ2n) is 5.87. The molecule has 1 fully saturated rings. The first-order chi connectivity index (χ1) is 9.69. The number of hydrogen-bond donors (Lipinski definition) is 1. The minimum absolute atomic E-state index is 0.116. The Morgan fingerprint density at radius 1 is 1.50 bits per heavy atom. The van der Waals surface area contributed by atoms with Crippen molar-refractivity contribution >= 4 is 22.4 Å². The molecule has 1 N–H and O–H groups in total. The first kappa shape index (κ1) is 13.9. The smallest absolute Gasteiger partial charge is 0.315 e. The third kappa shape index (κ3) is 2.82. The number of fused-ring (bicyclic) bond motifs is 1. The highest BCUT2D eigenvalue weighted by Gasteiger charge is 2.34. The molecule has 5 heteroatoms. The van der Waals surface area contributed by atoms with E-state index in [-0.39, 0.29) is 11.9 Å². The molecule has 4 nitrogen and oxygen atoms in total. The molecular weight excluding hydrogens is 272 g/mol. The molecule has 1 saturated carbocycles. The van der Waals surface area contributed by atoms with E-state index in [0.29, 0.717) is 6.61 Å². The highest BCUT2D eigenvalue weighted by molar-refractivity contribution is 7.15. The molecule has 20 heavy (non-hydrogen) atoms. The highest BCUT2D eigenvalue weighted by Crippen LogP contribution is 2.40. The number of aryl methyl sites for hydroxylation is 1. The number of thiazole rings is 1. The molecule has 1 aromatic heterocycles. The van der Waals surface area contributed by atoms with Crippen LogP contribution in [0.15, 0.2) is 0 Å². The summed E-state index contributed by atoms with van der Waals surface area (Å²) in [5, 5.41) is 4.41. The quantitative estimate of drug-likeness (QED) is 0.819. The van der Waals surface area contributed by atoms with Crippen molar-refractivity contribution in [2.45, 2.75) is 45.4 Å². The molecule has 2 aliphatic rings. The molecule has 110 valence electrons. The van der Waals surface area contributed by atoms with Gasteiger partial charge in [0.05, 0.1) is 12.3 Å². The maximum Gasteiger partial charge on any atom is 0.315 e. The number of nitrogens with one attached hydrogen (secondary N) is 1. The number of ether oxygens (including phenoxy) is 1. The molecule has 0 amide bonds. The molecule has 2 unspecified atom stereocenters. The molecule has 1 aromatic rings. The lowest BCUT2D eigenvalue weighted by Gasteiger charge is -2.11.